The van der Waals surface area contributed by atoms with Crippen molar-refractivity contribution in [1.29, 1.82) is 0 Å². The lowest BCUT2D eigenvalue weighted by atomic mass is 10.4. The van der Waals surface area contributed by atoms with Crippen LogP contribution < -0.4 is 0 Å². The maximum Gasteiger partial charge on any atom is 0.220 e. The first-order chi connectivity index (χ1) is 4.30. The maximum atomic E-state index is 10.7. The first-order valence-electron chi connectivity index (χ1n) is 3.19. The van der Waals surface area contributed by atoms with E-state index in [1.165, 1.54) is 0 Å². The van der Waals surface area contributed by atoms with Gasteiger partial charge in [0.1, 0.15) is 0 Å². The molecule has 0 aliphatic carbocycles. The first kappa shape index (κ1) is 6.55. The number of ether oxygens (including phenoxy) is 1. The standard InChI is InChI=1S/C6H11NO2/c1-6(8)7-2-4-9-5-3-7/h2-5H2,1H3/p+1. The number of hydrogen-bond donors (Lipinski definition) is 0. The van der Waals surface area contributed by atoms with Crippen LogP contribution in [-0.2, 0) is 4.79 Å². The lowest BCUT2D eigenvalue weighted by Crippen LogP contribution is -2.40. The smallest absolute Gasteiger partial charge is 0.220 e. The Hall–Kier alpha value is -0.570. The Balaban J connectivity index is 2.31. The van der Waals surface area contributed by atoms with Gasteiger partial charge in [0.05, 0.1) is 13.1 Å². The van der Waals surface area contributed by atoms with Crippen LogP contribution in [0.2, 0.25) is 0 Å². The molecule has 0 atom stereocenters. The average Bonchev–Trinajstić information content (AvgIpc) is 1.90. The molecule has 1 N–H and O–H groups in total. The summed E-state index contributed by atoms with van der Waals surface area (Å²) in [5.74, 6) is 0.171. The number of amides is 1. The summed E-state index contributed by atoms with van der Waals surface area (Å²) in [7, 11) is 0. The van der Waals surface area contributed by atoms with Gasteiger partial charge in [-0.15, -0.1) is 0 Å². The molecule has 3 nitrogen and oxygen atoms in total. The van der Waals surface area contributed by atoms with Crippen molar-refractivity contribution >= 4 is 5.91 Å². The van der Waals surface area contributed by atoms with Gasteiger partial charge in [0.25, 0.3) is 0 Å². The fourth-order valence-corrected chi connectivity index (χ4v) is 0.921. The second-order valence-corrected chi connectivity index (χ2v) is 2.18. The fourth-order valence-electron chi connectivity index (χ4n) is 0.921. The molecule has 0 aromatic carbocycles. The summed E-state index contributed by atoms with van der Waals surface area (Å²) < 4.78 is 4.12. The van der Waals surface area contributed by atoms with Gasteiger partial charge in [-0.05, 0) is 0 Å². The third-order valence-electron chi connectivity index (χ3n) is 1.50. The van der Waals surface area contributed by atoms with E-state index in [1.54, 1.807) is 6.92 Å². The molecule has 1 fully saturated rings. The highest BCUT2D eigenvalue weighted by Gasteiger charge is 2.14. The quantitative estimate of drug-likeness (QED) is 0.402. The predicted octanol–water partition coefficient (Wildman–Crippen LogP) is -0.624. The zero-order chi connectivity index (χ0) is 6.69. The Kier molecular flexibility index (Phi) is 2.05. The Morgan fingerprint density at radius 1 is 1.44 bits per heavy atom. The van der Waals surface area contributed by atoms with Crippen molar-refractivity contribution in [3.63, 3.8) is 0 Å². The van der Waals surface area contributed by atoms with Crippen molar-refractivity contribution in [3.05, 3.63) is 0 Å². The van der Waals surface area contributed by atoms with Crippen molar-refractivity contribution < 1.29 is 9.53 Å². The normalized spacial score (nSPS) is 19.9. The van der Waals surface area contributed by atoms with Gasteiger partial charge in [0.15, 0.2) is 13.2 Å². The van der Waals surface area contributed by atoms with Crippen LogP contribution in [0.15, 0.2) is 0 Å². The van der Waals surface area contributed by atoms with Crippen LogP contribution in [-0.4, -0.2) is 41.8 Å². The van der Waals surface area contributed by atoms with E-state index in [9.17, 15) is 4.79 Å². The van der Waals surface area contributed by atoms with E-state index in [1.807, 2.05) is 4.90 Å². The molecule has 1 aliphatic rings. The number of rotatable bonds is 0. The topological polar surface area (TPSA) is 33.1 Å². The molecule has 0 bridgehead atoms. The van der Waals surface area contributed by atoms with E-state index in [2.05, 4.69) is 4.74 Å². The summed E-state index contributed by atoms with van der Waals surface area (Å²) >= 11 is 0. The van der Waals surface area contributed by atoms with E-state index < -0.39 is 0 Å². The highest BCUT2D eigenvalue weighted by Crippen LogP contribution is 1.93. The van der Waals surface area contributed by atoms with E-state index in [0.717, 1.165) is 26.3 Å². The van der Waals surface area contributed by atoms with E-state index >= 15 is 0 Å². The van der Waals surface area contributed by atoms with Crippen LogP contribution in [0, 0.1) is 0 Å². The highest BCUT2D eigenvalue weighted by atomic mass is 16.5. The number of nitrogens with zero attached hydrogens (tertiary/aromatic N) is 1. The summed E-state index contributed by atoms with van der Waals surface area (Å²) in [6, 6.07) is 0. The summed E-state index contributed by atoms with van der Waals surface area (Å²) in [6.07, 6.45) is 0. The second-order valence-electron chi connectivity index (χ2n) is 2.18. The number of carbonyl (C=O) groups excluding carboxylic acids is 1. The molecule has 1 rings (SSSR count). The molecule has 52 valence electrons. The van der Waals surface area contributed by atoms with Gasteiger partial charge < -0.3 is 9.64 Å². The second kappa shape index (κ2) is 2.82. The Morgan fingerprint density at radius 2 is 2.00 bits per heavy atom. The molecule has 1 aliphatic heterocycles. The molecule has 1 saturated heterocycles. The third-order valence-corrected chi connectivity index (χ3v) is 1.50. The molecular weight excluding hydrogens is 118 g/mol. The molecule has 0 aromatic rings. The number of carbonyl (C=O) groups is 1. The summed E-state index contributed by atoms with van der Waals surface area (Å²) in [6.45, 7) is 4.87. The molecule has 9 heavy (non-hydrogen) atoms. The number of aliphatic hydroxyl groups is 2. The molecule has 1 amide bonds. The Bertz CT molecular complexity index is 108. The van der Waals surface area contributed by atoms with Crippen molar-refractivity contribution in [1.82, 2.24) is 4.90 Å². The molecule has 1 heterocycles. The predicted molar refractivity (Wildman–Crippen MR) is 34.2 cm³/mol. The van der Waals surface area contributed by atoms with Crippen LogP contribution in [0.1, 0.15) is 6.92 Å². The summed E-state index contributed by atoms with van der Waals surface area (Å²) in [5, 5.41) is 0. The minimum Gasteiger partial charge on any atom is -0.431 e. The van der Waals surface area contributed by atoms with Gasteiger partial charge in [0, 0.05) is 6.92 Å². The zero-order valence-electron chi connectivity index (χ0n) is 5.63. The SMILES string of the molecule is CC(=O)N1CC[OH+]CC1. The van der Waals surface area contributed by atoms with Crippen LogP contribution in [0.5, 0.6) is 0 Å². The number of morpholine rings is 1. The first-order valence-corrected chi connectivity index (χ1v) is 3.19. The molecule has 0 spiro atoms. The maximum absolute atomic E-state index is 10.7. The van der Waals surface area contributed by atoms with Crippen LogP contribution in [0.3, 0.4) is 0 Å². The molecule has 0 unspecified atom stereocenters. The van der Waals surface area contributed by atoms with Crippen LogP contribution >= 0.6 is 0 Å². The monoisotopic (exact) mass is 130 g/mol. The van der Waals surface area contributed by atoms with Crippen molar-refractivity contribution in [2.75, 3.05) is 26.3 Å². The van der Waals surface area contributed by atoms with Gasteiger partial charge in [0.2, 0.25) is 5.91 Å². The summed E-state index contributed by atoms with van der Waals surface area (Å²) in [5.41, 5.74) is 0. The molecule has 0 aromatic heterocycles. The van der Waals surface area contributed by atoms with E-state index in [0.29, 0.717) is 0 Å². The lowest BCUT2D eigenvalue weighted by Gasteiger charge is -2.22. The third kappa shape index (κ3) is 1.68. The van der Waals surface area contributed by atoms with Crippen molar-refractivity contribution in [3.8, 4) is 0 Å². The van der Waals surface area contributed by atoms with Gasteiger partial charge in [-0.1, -0.05) is 0 Å². The summed E-state index contributed by atoms with van der Waals surface area (Å²) in [4.78, 5) is 12.5. The molecule has 0 saturated carbocycles. The Labute approximate surface area is 54.6 Å². The van der Waals surface area contributed by atoms with Crippen LogP contribution in [0.25, 0.3) is 0 Å². The van der Waals surface area contributed by atoms with Gasteiger partial charge in [-0.25, -0.2) is 0 Å². The van der Waals surface area contributed by atoms with Gasteiger partial charge in [-0.3, -0.25) is 4.79 Å². The lowest BCUT2D eigenvalue weighted by molar-refractivity contribution is -0.142. The van der Waals surface area contributed by atoms with Crippen molar-refractivity contribution in [2.24, 2.45) is 0 Å². The highest BCUT2D eigenvalue weighted by molar-refractivity contribution is 5.73. The van der Waals surface area contributed by atoms with Crippen LogP contribution in [0.4, 0.5) is 0 Å². The molecule has 3 heteroatoms. The molecule has 0 radical (unpaired) electrons. The van der Waals surface area contributed by atoms with Crippen molar-refractivity contribution in [2.45, 2.75) is 6.92 Å². The van der Waals surface area contributed by atoms with Gasteiger partial charge in [-0.2, -0.15) is 0 Å². The average molecular weight is 130 g/mol. The van der Waals surface area contributed by atoms with E-state index in [-0.39, 0.29) is 5.91 Å². The number of hydrogen-bond acceptors (Lipinski definition) is 1. The minimum atomic E-state index is 0.171. The Morgan fingerprint density at radius 3 is 2.33 bits per heavy atom. The van der Waals surface area contributed by atoms with E-state index in [4.69, 9.17) is 0 Å². The largest absolute Gasteiger partial charge is 0.431 e. The zero-order valence-corrected chi connectivity index (χ0v) is 5.63. The minimum absolute atomic E-state index is 0.171. The molecular formula is C6H12NO2+. The van der Waals surface area contributed by atoms with Gasteiger partial charge >= 0.3 is 0 Å². The fraction of sp³-hybridized carbons (Fsp3) is 0.833.